The van der Waals surface area contributed by atoms with Gasteiger partial charge < -0.3 is 5.11 Å². The first kappa shape index (κ1) is 30.1. The number of hydrogen-bond acceptors (Lipinski definition) is 6. The Balaban J connectivity index is 1.33. The number of halogens is 1. The van der Waals surface area contributed by atoms with E-state index < -0.39 is 46.8 Å². The van der Waals surface area contributed by atoms with E-state index in [1.54, 1.807) is 30.3 Å². The van der Waals surface area contributed by atoms with E-state index in [-0.39, 0.29) is 29.0 Å². The Morgan fingerprint density at radius 2 is 1.50 bits per heavy atom. The first-order chi connectivity index (χ1) is 23.2. The number of phenolic OH excluding ortho intramolecular Hbond substituents is 1. The first-order valence-electron chi connectivity index (χ1n) is 16.1. The van der Waals surface area contributed by atoms with Gasteiger partial charge in [-0.05, 0) is 73.2 Å². The highest BCUT2D eigenvalue weighted by Gasteiger charge is 2.70. The number of nitrogens with zero attached hydrogens (tertiary/aromatic N) is 2. The fourth-order valence-electron chi connectivity index (χ4n) is 8.67. The third-order valence-corrected chi connectivity index (χ3v) is 11.0. The van der Waals surface area contributed by atoms with Crippen molar-refractivity contribution < 1.29 is 24.3 Å². The number of nitrogens with one attached hydrogen (secondary N) is 1. The third-order valence-electron chi connectivity index (χ3n) is 10.7. The molecule has 0 aromatic heterocycles. The van der Waals surface area contributed by atoms with Gasteiger partial charge in [0.1, 0.15) is 5.75 Å². The van der Waals surface area contributed by atoms with Crippen molar-refractivity contribution in [2.75, 3.05) is 10.3 Å². The average molecular weight is 658 g/mol. The van der Waals surface area contributed by atoms with Crippen LogP contribution < -0.4 is 10.3 Å². The molecule has 2 N–H and O–H groups in total. The van der Waals surface area contributed by atoms with Crippen molar-refractivity contribution in [2.45, 2.75) is 31.1 Å². The number of aryl methyl sites for hydroxylation is 1. The second kappa shape index (κ2) is 11.2. The molecule has 0 radical (unpaired) electrons. The number of phenols is 1. The summed E-state index contributed by atoms with van der Waals surface area (Å²) in [6, 6.07) is 30.3. The molecule has 6 atom stereocenters. The van der Waals surface area contributed by atoms with Crippen LogP contribution in [0.1, 0.15) is 35.4 Å². The molecule has 2 aliphatic carbocycles. The van der Waals surface area contributed by atoms with Gasteiger partial charge in [0, 0.05) is 10.9 Å². The molecule has 1 saturated carbocycles. The van der Waals surface area contributed by atoms with Gasteiger partial charge in [0.05, 0.1) is 34.5 Å². The van der Waals surface area contributed by atoms with Crippen LogP contribution in [0.25, 0.3) is 0 Å². The Labute approximate surface area is 282 Å². The van der Waals surface area contributed by atoms with E-state index in [1.807, 2.05) is 73.7 Å². The standard InChI is InChI=1S/C39H32ClN3O5/c1-22-12-14-24(15-13-22)41-43-36(46)31-21-30-27(18-19-29-33(30)37(47)42(35(29)45)25-10-6-3-7-11-25)34(28-17-16-26(44)20-32(28)40)39(31,38(43)48)23-8-4-2-5-9-23/h2-18,20,29-31,33-34,41,44H,19,21H2,1H3. The highest BCUT2D eigenvalue weighted by molar-refractivity contribution is 6.31. The molecule has 48 heavy (non-hydrogen) atoms. The highest BCUT2D eigenvalue weighted by atomic mass is 35.5. The predicted octanol–water partition coefficient (Wildman–Crippen LogP) is 6.54. The lowest BCUT2D eigenvalue weighted by molar-refractivity contribution is -0.138. The molecular formula is C39H32ClN3O5. The van der Waals surface area contributed by atoms with Gasteiger partial charge in [0.15, 0.2) is 0 Å². The molecule has 240 valence electrons. The van der Waals surface area contributed by atoms with Crippen molar-refractivity contribution in [2.24, 2.45) is 23.7 Å². The van der Waals surface area contributed by atoms with Crippen LogP contribution in [0.5, 0.6) is 5.75 Å². The average Bonchev–Trinajstić information content (AvgIpc) is 3.47. The van der Waals surface area contributed by atoms with E-state index in [9.17, 15) is 19.5 Å². The fourth-order valence-corrected chi connectivity index (χ4v) is 8.96. The Morgan fingerprint density at radius 1 is 0.812 bits per heavy atom. The van der Waals surface area contributed by atoms with Gasteiger partial charge in [-0.25, -0.2) is 0 Å². The van der Waals surface area contributed by atoms with Crippen molar-refractivity contribution >= 4 is 46.6 Å². The first-order valence-corrected chi connectivity index (χ1v) is 16.5. The molecule has 8 nitrogen and oxygen atoms in total. The van der Waals surface area contributed by atoms with Crippen LogP contribution in [0.15, 0.2) is 115 Å². The largest absolute Gasteiger partial charge is 0.508 e. The molecule has 4 amide bonds. The fraction of sp³-hybridized carbons (Fsp3) is 0.231. The number of fused-ring (bicyclic) bond motifs is 4. The van der Waals surface area contributed by atoms with Crippen LogP contribution in [-0.2, 0) is 24.6 Å². The summed E-state index contributed by atoms with van der Waals surface area (Å²) in [5, 5.41) is 11.7. The maximum absolute atomic E-state index is 15.2. The number of amides is 4. The molecule has 2 saturated heterocycles. The number of aromatic hydroxyl groups is 1. The lowest BCUT2D eigenvalue weighted by Crippen LogP contribution is -2.53. The zero-order chi connectivity index (χ0) is 33.3. The topological polar surface area (TPSA) is 107 Å². The summed E-state index contributed by atoms with van der Waals surface area (Å²) in [5.74, 6) is -4.94. The maximum Gasteiger partial charge on any atom is 0.260 e. The summed E-state index contributed by atoms with van der Waals surface area (Å²) in [7, 11) is 0. The normalized spacial score (nSPS) is 27.8. The number of anilines is 2. The number of hydrazine groups is 1. The van der Waals surface area contributed by atoms with Crippen LogP contribution in [0, 0.1) is 30.6 Å². The lowest BCUT2D eigenvalue weighted by Gasteiger charge is -2.50. The van der Waals surface area contributed by atoms with Gasteiger partial charge >= 0.3 is 0 Å². The van der Waals surface area contributed by atoms with E-state index in [0.717, 1.165) is 16.1 Å². The molecule has 0 spiro atoms. The quantitative estimate of drug-likeness (QED) is 0.186. The number of carbonyl (C=O) groups is 4. The van der Waals surface area contributed by atoms with E-state index in [2.05, 4.69) is 5.43 Å². The van der Waals surface area contributed by atoms with Crippen molar-refractivity contribution in [3.05, 3.63) is 136 Å². The number of imide groups is 2. The van der Waals surface area contributed by atoms with E-state index in [4.69, 9.17) is 11.6 Å². The SMILES string of the molecule is Cc1ccc(NN2C(=O)C3CC4C(=CCC5C(=O)N(c6ccccc6)C(=O)C54)C(c4ccc(O)cc4Cl)C3(c3ccccc3)C2=O)cc1. The van der Waals surface area contributed by atoms with E-state index in [1.165, 1.54) is 17.0 Å². The minimum Gasteiger partial charge on any atom is -0.508 e. The summed E-state index contributed by atoms with van der Waals surface area (Å²) in [4.78, 5) is 59.3. The minimum atomic E-state index is -1.43. The summed E-state index contributed by atoms with van der Waals surface area (Å²) < 4.78 is 0. The van der Waals surface area contributed by atoms with E-state index >= 15 is 4.79 Å². The van der Waals surface area contributed by atoms with Crippen LogP contribution in [0.4, 0.5) is 11.4 Å². The molecule has 2 aliphatic heterocycles. The number of rotatable bonds is 5. The Hall–Kier alpha value is -5.21. The number of benzene rings is 4. The van der Waals surface area contributed by atoms with Gasteiger partial charge in [-0.1, -0.05) is 95.5 Å². The molecule has 6 unspecified atom stereocenters. The lowest BCUT2D eigenvalue weighted by atomic mass is 9.49. The predicted molar refractivity (Wildman–Crippen MR) is 181 cm³/mol. The second-order valence-corrected chi connectivity index (χ2v) is 13.6. The van der Waals surface area contributed by atoms with Crippen molar-refractivity contribution in [1.29, 1.82) is 0 Å². The number of allylic oxidation sites excluding steroid dienone is 2. The monoisotopic (exact) mass is 657 g/mol. The Morgan fingerprint density at radius 3 is 2.19 bits per heavy atom. The molecule has 8 rings (SSSR count). The van der Waals surface area contributed by atoms with Gasteiger partial charge in [0.25, 0.3) is 11.8 Å². The third kappa shape index (κ3) is 4.28. The zero-order valence-electron chi connectivity index (χ0n) is 26.0. The Bertz CT molecular complexity index is 2010. The molecular weight excluding hydrogens is 626 g/mol. The number of para-hydroxylation sites is 1. The maximum atomic E-state index is 15.2. The second-order valence-electron chi connectivity index (χ2n) is 13.1. The van der Waals surface area contributed by atoms with Crippen LogP contribution in [0.2, 0.25) is 5.02 Å². The molecule has 4 aliphatic rings. The summed E-state index contributed by atoms with van der Waals surface area (Å²) >= 11 is 6.92. The van der Waals surface area contributed by atoms with Gasteiger partial charge in [0.2, 0.25) is 11.8 Å². The van der Waals surface area contributed by atoms with Crippen LogP contribution in [0.3, 0.4) is 0 Å². The molecule has 4 aromatic carbocycles. The molecule has 3 fully saturated rings. The van der Waals surface area contributed by atoms with Crippen LogP contribution >= 0.6 is 11.6 Å². The number of hydrogen-bond donors (Lipinski definition) is 2. The van der Waals surface area contributed by atoms with Crippen LogP contribution in [-0.4, -0.2) is 33.7 Å². The van der Waals surface area contributed by atoms with E-state index in [0.29, 0.717) is 28.9 Å². The molecule has 2 heterocycles. The van der Waals surface area contributed by atoms with Crippen molar-refractivity contribution in [3.8, 4) is 5.75 Å². The minimum absolute atomic E-state index is 0.0364. The highest BCUT2D eigenvalue weighted by Crippen LogP contribution is 2.64. The molecule has 4 aromatic rings. The van der Waals surface area contributed by atoms with Crippen molar-refractivity contribution in [1.82, 2.24) is 5.01 Å². The van der Waals surface area contributed by atoms with Gasteiger partial charge in [-0.2, -0.15) is 5.01 Å². The Kier molecular flexibility index (Phi) is 7.03. The molecule has 0 bridgehead atoms. The van der Waals surface area contributed by atoms with Gasteiger partial charge in [-0.15, -0.1) is 0 Å². The van der Waals surface area contributed by atoms with Gasteiger partial charge in [-0.3, -0.25) is 29.5 Å². The number of carbonyl (C=O) groups excluding carboxylic acids is 4. The zero-order valence-corrected chi connectivity index (χ0v) is 26.8. The summed E-state index contributed by atoms with van der Waals surface area (Å²) in [6.07, 6.45) is 2.49. The summed E-state index contributed by atoms with van der Waals surface area (Å²) in [5.41, 5.74) is 5.80. The summed E-state index contributed by atoms with van der Waals surface area (Å²) in [6.45, 7) is 1.96. The molecule has 9 heteroatoms. The van der Waals surface area contributed by atoms with Crippen molar-refractivity contribution in [3.63, 3.8) is 0 Å². The smallest absolute Gasteiger partial charge is 0.260 e.